The zero-order valence-corrected chi connectivity index (χ0v) is 16.1. The van der Waals surface area contributed by atoms with Gasteiger partial charge in [0.15, 0.2) is 5.72 Å². The van der Waals surface area contributed by atoms with Crippen LogP contribution in [0.2, 0.25) is 10.0 Å². The van der Waals surface area contributed by atoms with E-state index in [1.54, 1.807) is 54.6 Å². The van der Waals surface area contributed by atoms with Crippen LogP contribution in [0.3, 0.4) is 0 Å². The van der Waals surface area contributed by atoms with Crippen LogP contribution in [0, 0.1) is 0 Å². The van der Waals surface area contributed by atoms with Gasteiger partial charge in [0.25, 0.3) is 5.91 Å². The van der Waals surface area contributed by atoms with Crippen molar-refractivity contribution in [2.45, 2.75) is 18.7 Å². The summed E-state index contributed by atoms with van der Waals surface area (Å²) in [6.45, 7) is 1.90. The van der Waals surface area contributed by atoms with E-state index in [9.17, 15) is 9.90 Å². The van der Waals surface area contributed by atoms with Crippen molar-refractivity contribution in [2.75, 3.05) is 0 Å². The summed E-state index contributed by atoms with van der Waals surface area (Å²) in [4.78, 5) is 14.8. The maximum Gasteiger partial charge on any atom is 0.257 e. The molecule has 0 spiro atoms. The Kier molecular flexibility index (Phi) is 4.47. The van der Waals surface area contributed by atoms with E-state index in [2.05, 4.69) is 0 Å². The van der Waals surface area contributed by atoms with Gasteiger partial charge in [-0.25, -0.2) is 0 Å². The van der Waals surface area contributed by atoms with E-state index in [-0.39, 0.29) is 11.9 Å². The van der Waals surface area contributed by atoms with Gasteiger partial charge in [-0.05, 0) is 42.8 Å². The third kappa shape index (κ3) is 2.83. The highest BCUT2D eigenvalue weighted by Gasteiger charge is 2.51. The second-order valence-corrected chi connectivity index (χ2v) is 7.50. The maximum absolute atomic E-state index is 13.2. The van der Waals surface area contributed by atoms with Crippen LogP contribution in [0.25, 0.3) is 0 Å². The van der Waals surface area contributed by atoms with Crippen LogP contribution >= 0.6 is 23.2 Å². The van der Waals surface area contributed by atoms with Crippen LogP contribution < -0.4 is 0 Å². The van der Waals surface area contributed by atoms with E-state index >= 15 is 0 Å². The summed E-state index contributed by atoms with van der Waals surface area (Å²) >= 11 is 12.0. The Morgan fingerprint density at radius 1 is 0.889 bits per heavy atom. The lowest BCUT2D eigenvalue weighted by Crippen LogP contribution is -2.46. The minimum Gasteiger partial charge on any atom is -0.363 e. The fraction of sp³-hybridized carbons (Fsp3) is 0.136. The molecule has 0 radical (unpaired) electrons. The number of carbonyl (C=O) groups is 1. The Bertz CT molecular complexity index is 1000. The second-order valence-electron chi connectivity index (χ2n) is 6.63. The number of benzene rings is 3. The molecule has 3 aromatic carbocycles. The first-order valence-electron chi connectivity index (χ1n) is 8.60. The molecule has 0 saturated heterocycles. The van der Waals surface area contributed by atoms with E-state index < -0.39 is 5.72 Å². The molecule has 0 fully saturated rings. The van der Waals surface area contributed by atoms with Crippen molar-refractivity contribution in [2.24, 2.45) is 0 Å². The van der Waals surface area contributed by atoms with Gasteiger partial charge in [0, 0.05) is 26.7 Å². The summed E-state index contributed by atoms with van der Waals surface area (Å²) in [6.07, 6.45) is 0. The van der Waals surface area contributed by atoms with Crippen LogP contribution in [0.15, 0.2) is 72.8 Å². The molecule has 136 valence electrons. The SMILES string of the molecule is CC(c1ccc(Cl)cc1)N1C(=O)c2ccccc2C1(O)c1ccc(Cl)cc1. The first kappa shape index (κ1) is 18.1. The standard InChI is InChI=1S/C22H17Cl2NO2/c1-14(15-6-10-17(23)11-7-15)25-21(26)19-4-2-3-5-20(19)22(25,27)16-8-12-18(24)13-9-16/h2-14,27H,1H3. The Hall–Kier alpha value is -2.33. The summed E-state index contributed by atoms with van der Waals surface area (Å²) in [5.41, 5.74) is 0.949. The molecule has 0 bridgehead atoms. The van der Waals surface area contributed by atoms with Gasteiger partial charge in [-0.15, -0.1) is 0 Å². The maximum atomic E-state index is 13.2. The van der Waals surface area contributed by atoms with Crippen molar-refractivity contribution < 1.29 is 9.90 Å². The molecule has 1 amide bonds. The zero-order valence-electron chi connectivity index (χ0n) is 14.6. The lowest BCUT2D eigenvalue weighted by Gasteiger charge is -2.39. The van der Waals surface area contributed by atoms with Gasteiger partial charge >= 0.3 is 0 Å². The van der Waals surface area contributed by atoms with Crippen LogP contribution in [0.5, 0.6) is 0 Å². The number of carbonyl (C=O) groups excluding carboxylic acids is 1. The first-order valence-corrected chi connectivity index (χ1v) is 9.35. The Balaban J connectivity index is 1.89. The van der Waals surface area contributed by atoms with Gasteiger partial charge in [0.1, 0.15) is 0 Å². The van der Waals surface area contributed by atoms with Crippen LogP contribution in [0.1, 0.15) is 40.0 Å². The van der Waals surface area contributed by atoms with E-state index in [0.717, 1.165) is 5.56 Å². The topological polar surface area (TPSA) is 40.5 Å². The van der Waals surface area contributed by atoms with Crippen molar-refractivity contribution in [3.63, 3.8) is 0 Å². The molecule has 1 aliphatic rings. The highest BCUT2D eigenvalue weighted by Crippen LogP contribution is 2.46. The van der Waals surface area contributed by atoms with Crippen molar-refractivity contribution in [3.05, 3.63) is 105 Å². The Morgan fingerprint density at radius 3 is 2.07 bits per heavy atom. The molecule has 5 heteroatoms. The summed E-state index contributed by atoms with van der Waals surface area (Å²) in [7, 11) is 0. The molecule has 1 heterocycles. The molecule has 1 N–H and O–H groups in total. The molecule has 0 aliphatic carbocycles. The normalized spacial score (nSPS) is 19.9. The lowest BCUT2D eigenvalue weighted by molar-refractivity contribution is -0.0677. The zero-order chi connectivity index (χ0) is 19.2. The highest BCUT2D eigenvalue weighted by atomic mass is 35.5. The number of hydrogen-bond acceptors (Lipinski definition) is 2. The average molecular weight is 398 g/mol. The first-order chi connectivity index (χ1) is 12.9. The number of hydrogen-bond donors (Lipinski definition) is 1. The quantitative estimate of drug-likeness (QED) is 0.642. The van der Waals surface area contributed by atoms with Crippen molar-refractivity contribution in [1.82, 2.24) is 4.90 Å². The number of nitrogens with zero attached hydrogens (tertiary/aromatic N) is 1. The average Bonchev–Trinajstić information content (AvgIpc) is 2.91. The number of rotatable bonds is 3. The minimum absolute atomic E-state index is 0.217. The van der Waals surface area contributed by atoms with Crippen molar-refractivity contribution >= 4 is 29.1 Å². The van der Waals surface area contributed by atoms with Crippen molar-refractivity contribution in [1.29, 1.82) is 0 Å². The fourth-order valence-electron chi connectivity index (χ4n) is 3.70. The molecule has 2 unspecified atom stereocenters. The summed E-state index contributed by atoms with van der Waals surface area (Å²) < 4.78 is 0. The molecule has 0 aromatic heterocycles. The molecular formula is C22H17Cl2NO2. The molecule has 2 atom stereocenters. The monoisotopic (exact) mass is 397 g/mol. The molecular weight excluding hydrogens is 381 g/mol. The highest BCUT2D eigenvalue weighted by molar-refractivity contribution is 6.30. The minimum atomic E-state index is -1.59. The molecule has 0 saturated carbocycles. The van der Waals surface area contributed by atoms with Gasteiger partial charge in [-0.3, -0.25) is 9.69 Å². The number of fused-ring (bicyclic) bond motifs is 1. The summed E-state index contributed by atoms with van der Waals surface area (Å²) in [5.74, 6) is -0.217. The Morgan fingerprint density at radius 2 is 1.44 bits per heavy atom. The molecule has 3 nitrogen and oxygen atoms in total. The largest absolute Gasteiger partial charge is 0.363 e. The van der Waals surface area contributed by atoms with Gasteiger partial charge in [-0.1, -0.05) is 65.7 Å². The van der Waals surface area contributed by atoms with E-state index in [0.29, 0.717) is 26.7 Å². The van der Waals surface area contributed by atoms with E-state index in [4.69, 9.17) is 23.2 Å². The second kappa shape index (κ2) is 6.68. The molecule has 1 aliphatic heterocycles. The van der Waals surface area contributed by atoms with Crippen molar-refractivity contribution in [3.8, 4) is 0 Å². The molecule has 4 rings (SSSR count). The lowest BCUT2D eigenvalue weighted by atomic mass is 9.92. The number of amides is 1. The van der Waals surface area contributed by atoms with Crippen LogP contribution in [-0.2, 0) is 5.72 Å². The number of halogens is 2. The summed E-state index contributed by atoms with van der Waals surface area (Å²) in [6, 6.07) is 21.0. The van der Waals surface area contributed by atoms with Gasteiger partial charge in [0.05, 0.1) is 6.04 Å². The van der Waals surface area contributed by atoms with Crippen LogP contribution in [0.4, 0.5) is 0 Å². The predicted octanol–water partition coefficient (Wildman–Crippen LogP) is 5.40. The van der Waals surface area contributed by atoms with E-state index in [1.807, 2.05) is 25.1 Å². The molecule has 27 heavy (non-hydrogen) atoms. The third-order valence-electron chi connectivity index (χ3n) is 5.09. The Labute approximate surface area is 167 Å². The fourth-order valence-corrected chi connectivity index (χ4v) is 3.96. The van der Waals surface area contributed by atoms with E-state index in [1.165, 1.54) is 4.90 Å². The third-order valence-corrected chi connectivity index (χ3v) is 5.59. The van der Waals surface area contributed by atoms with Gasteiger partial charge in [0.2, 0.25) is 0 Å². The van der Waals surface area contributed by atoms with Crippen LogP contribution in [-0.4, -0.2) is 15.9 Å². The smallest absolute Gasteiger partial charge is 0.257 e. The summed E-state index contributed by atoms with van der Waals surface area (Å²) in [5, 5.41) is 13.0. The molecule has 3 aromatic rings. The number of aliphatic hydroxyl groups is 1. The van der Waals surface area contributed by atoms with Gasteiger partial charge in [-0.2, -0.15) is 0 Å². The van der Waals surface area contributed by atoms with Gasteiger partial charge < -0.3 is 5.11 Å². The predicted molar refractivity (Wildman–Crippen MR) is 107 cm³/mol.